The molecule has 4 heteroatoms. The van der Waals surface area contributed by atoms with Crippen LogP contribution in [0.15, 0.2) is 35.3 Å². The number of rotatable bonds is 1. The first-order valence-electron chi connectivity index (χ1n) is 5.79. The lowest BCUT2D eigenvalue weighted by Crippen LogP contribution is -2.05. The van der Waals surface area contributed by atoms with Crippen molar-refractivity contribution in [3.63, 3.8) is 0 Å². The summed E-state index contributed by atoms with van der Waals surface area (Å²) in [6.45, 7) is 3.88. The molecule has 90 valence electrons. The smallest absolute Gasteiger partial charge is 0.192 e. The van der Waals surface area contributed by atoms with Gasteiger partial charge in [-0.15, -0.1) is 0 Å². The van der Waals surface area contributed by atoms with Gasteiger partial charge in [0.2, 0.25) is 0 Å². The fourth-order valence-electron chi connectivity index (χ4n) is 2.01. The predicted molar refractivity (Wildman–Crippen MR) is 71.6 cm³/mol. The summed E-state index contributed by atoms with van der Waals surface area (Å²) in [5.74, 6) is 0.608. The summed E-state index contributed by atoms with van der Waals surface area (Å²) in [7, 11) is 0. The average Bonchev–Trinajstić information content (AvgIpc) is 2.71. The molecular weight excluding hydrogens is 226 g/mol. The molecule has 0 aliphatic rings. The third-order valence-electron chi connectivity index (χ3n) is 2.95. The molecule has 0 unspecified atom stereocenters. The minimum Gasteiger partial charge on any atom is -0.364 e. The zero-order valence-electron chi connectivity index (χ0n) is 10.2. The summed E-state index contributed by atoms with van der Waals surface area (Å²) in [5, 5.41) is 0. The van der Waals surface area contributed by atoms with Crippen LogP contribution in [0.3, 0.4) is 0 Å². The van der Waals surface area contributed by atoms with Gasteiger partial charge in [-0.05, 0) is 31.5 Å². The van der Waals surface area contributed by atoms with Crippen LogP contribution >= 0.6 is 0 Å². The SMILES string of the molecule is Cc1ccc2nc(-c3c[nH]c(C)cc3=O)[nH]c2c1. The molecule has 0 bridgehead atoms. The maximum Gasteiger partial charge on any atom is 0.192 e. The number of aromatic amines is 2. The standard InChI is InChI=1S/C14H13N3O/c1-8-3-4-11-12(5-8)17-14(16-11)10-7-15-9(2)6-13(10)18/h3-7H,1-2H3,(H,15,18)(H,16,17). The summed E-state index contributed by atoms with van der Waals surface area (Å²) in [4.78, 5) is 22.6. The van der Waals surface area contributed by atoms with E-state index in [0.29, 0.717) is 11.4 Å². The number of hydrogen-bond donors (Lipinski definition) is 2. The van der Waals surface area contributed by atoms with Crippen LogP contribution in [0.2, 0.25) is 0 Å². The number of nitrogens with one attached hydrogen (secondary N) is 2. The fraction of sp³-hybridized carbons (Fsp3) is 0.143. The molecule has 4 nitrogen and oxygen atoms in total. The molecule has 0 atom stereocenters. The Bertz CT molecular complexity index is 783. The molecule has 0 aliphatic carbocycles. The largest absolute Gasteiger partial charge is 0.364 e. The second kappa shape index (κ2) is 3.84. The van der Waals surface area contributed by atoms with Gasteiger partial charge in [0.15, 0.2) is 5.43 Å². The predicted octanol–water partition coefficient (Wildman–Crippen LogP) is 2.54. The number of aromatic nitrogens is 3. The van der Waals surface area contributed by atoms with E-state index in [-0.39, 0.29) is 5.43 Å². The maximum atomic E-state index is 11.9. The zero-order valence-corrected chi connectivity index (χ0v) is 10.2. The van der Waals surface area contributed by atoms with Crippen molar-refractivity contribution in [3.05, 3.63) is 51.9 Å². The second-order valence-corrected chi connectivity index (χ2v) is 4.50. The Morgan fingerprint density at radius 2 is 2.00 bits per heavy atom. The molecule has 3 rings (SSSR count). The van der Waals surface area contributed by atoms with Crippen LogP contribution in [-0.4, -0.2) is 15.0 Å². The van der Waals surface area contributed by atoms with E-state index in [1.165, 1.54) is 0 Å². The van der Waals surface area contributed by atoms with Crippen LogP contribution in [0, 0.1) is 13.8 Å². The first kappa shape index (κ1) is 10.8. The molecule has 2 N–H and O–H groups in total. The normalized spacial score (nSPS) is 11.0. The highest BCUT2D eigenvalue weighted by Gasteiger charge is 2.08. The number of benzene rings is 1. The number of pyridine rings is 1. The van der Waals surface area contributed by atoms with Crippen molar-refractivity contribution in [2.24, 2.45) is 0 Å². The second-order valence-electron chi connectivity index (χ2n) is 4.50. The highest BCUT2D eigenvalue weighted by molar-refractivity contribution is 5.79. The Morgan fingerprint density at radius 3 is 2.78 bits per heavy atom. The molecule has 0 fully saturated rings. The maximum absolute atomic E-state index is 11.9. The van der Waals surface area contributed by atoms with E-state index >= 15 is 0 Å². The van der Waals surface area contributed by atoms with E-state index in [1.807, 2.05) is 32.0 Å². The third kappa shape index (κ3) is 1.72. The molecule has 0 amide bonds. The highest BCUT2D eigenvalue weighted by Crippen LogP contribution is 2.18. The zero-order chi connectivity index (χ0) is 12.7. The Kier molecular flexibility index (Phi) is 2.30. The summed E-state index contributed by atoms with van der Waals surface area (Å²) >= 11 is 0. The lowest BCUT2D eigenvalue weighted by molar-refractivity contribution is 1.17. The molecule has 0 aliphatic heterocycles. The van der Waals surface area contributed by atoms with Crippen molar-refractivity contribution in [2.45, 2.75) is 13.8 Å². The summed E-state index contributed by atoms with van der Waals surface area (Å²) < 4.78 is 0. The van der Waals surface area contributed by atoms with Gasteiger partial charge in [-0.3, -0.25) is 4.79 Å². The first-order valence-corrected chi connectivity index (χ1v) is 5.79. The van der Waals surface area contributed by atoms with Crippen molar-refractivity contribution in [2.75, 3.05) is 0 Å². The van der Waals surface area contributed by atoms with Crippen LogP contribution in [-0.2, 0) is 0 Å². The highest BCUT2D eigenvalue weighted by atomic mass is 16.1. The van der Waals surface area contributed by atoms with Gasteiger partial charge in [0.25, 0.3) is 0 Å². The van der Waals surface area contributed by atoms with E-state index in [0.717, 1.165) is 22.3 Å². The fourth-order valence-corrected chi connectivity index (χ4v) is 2.01. The van der Waals surface area contributed by atoms with Gasteiger partial charge in [-0.2, -0.15) is 0 Å². The van der Waals surface area contributed by atoms with Crippen LogP contribution in [0.5, 0.6) is 0 Å². The summed E-state index contributed by atoms with van der Waals surface area (Å²) in [5.41, 5.74) is 4.36. The minimum absolute atomic E-state index is 0.0259. The third-order valence-corrected chi connectivity index (χ3v) is 2.95. The van der Waals surface area contributed by atoms with Gasteiger partial charge in [0.05, 0.1) is 16.6 Å². The van der Waals surface area contributed by atoms with Crippen molar-refractivity contribution in [1.29, 1.82) is 0 Å². The van der Waals surface area contributed by atoms with Gasteiger partial charge in [0.1, 0.15) is 5.82 Å². The molecule has 0 saturated heterocycles. The van der Waals surface area contributed by atoms with E-state index in [4.69, 9.17) is 0 Å². The molecule has 0 radical (unpaired) electrons. The van der Waals surface area contributed by atoms with Crippen LogP contribution in [0.4, 0.5) is 0 Å². The lowest BCUT2D eigenvalue weighted by Gasteiger charge is -1.96. The molecule has 18 heavy (non-hydrogen) atoms. The van der Waals surface area contributed by atoms with Gasteiger partial charge in [-0.25, -0.2) is 4.98 Å². The molecule has 2 aromatic heterocycles. The number of fused-ring (bicyclic) bond motifs is 1. The van der Waals surface area contributed by atoms with Crippen LogP contribution in [0.1, 0.15) is 11.3 Å². The molecule has 0 saturated carbocycles. The summed E-state index contributed by atoms with van der Waals surface area (Å²) in [6, 6.07) is 7.56. The van der Waals surface area contributed by atoms with Crippen molar-refractivity contribution in [1.82, 2.24) is 15.0 Å². The van der Waals surface area contributed by atoms with E-state index < -0.39 is 0 Å². The van der Waals surface area contributed by atoms with E-state index in [1.54, 1.807) is 12.3 Å². The molecule has 2 heterocycles. The molecule has 1 aromatic carbocycles. The summed E-state index contributed by atoms with van der Waals surface area (Å²) in [6.07, 6.45) is 1.70. The first-order chi connectivity index (χ1) is 8.63. The quantitative estimate of drug-likeness (QED) is 0.685. The lowest BCUT2D eigenvalue weighted by atomic mass is 10.2. The number of H-pyrrole nitrogens is 2. The van der Waals surface area contributed by atoms with E-state index in [9.17, 15) is 4.79 Å². The van der Waals surface area contributed by atoms with Crippen LogP contribution < -0.4 is 5.43 Å². The van der Waals surface area contributed by atoms with Gasteiger partial charge in [-0.1, -0.05) is 6.07 Å². The number of hydrogen-bond acceptors (Lipinski definition) is 2. The monoisotopic (exact) mass is 239 g/mol. The molecular formula is C14H13N3O. The van der Waals surface area contributed by atoms with Crippen molar-refractivity contribution < 1.29 is 0 Å². The van der Waals surface area contributed by atoms with Gasteiger partial charge < -0.3 is 9.97 Å². The van der Waals surface area contributed by atoms with E-state index in [2.05, 4.69) is 15.0 Å². The number of aryl methyl sites for hydroxylation is 2. The topological polar surface area (TPSA) is 61.5 Å². The average molecular weight is 239 g/mol. The molecule has 3 aromatic rings. The Hall–Kier alpha value is -2.36. The van der Waals surface area contributed by atoms with Gasteiger partial charge in [0, 0.05) is 18.0 Å². The minimum atomic E-state index is -0.0259. The number of nitrogens with zero attached hydrogens (tertiary/aromatic N) is 1. The Balaban J connectivity index is 2.22. The number of imidazole rings is 1. The Morgan fingerprint density at radius 1 is 1.17 bits per heavy atom. The van der Waals surface area contributed by atoms with Crippen molar-refractivity contribution >= 4 is 11.0 Å². The molecule has 0 spiro atoms. The Labute approximate surface area is 104 Å². The van der Waals surface area contributed by atoms with Gasteiger partial charge >= 0.3 is 0 Å². The van der Waals surface area contributed by atoms with Crippen LogP contribution in [0.25, 0.3) is 22.4 Å². The van der Waals surface area contributed by atoms with Crippen molar-refractivity contribution in [3.8, 4) is 11.4 Å².